The summed E-state index contributed by atoms with van der Waals surface area (Å²) < 4.78 is 10.4. The van der Waals surface area contributed by atoms with E-state index in [-0.39, 0.29) is 17.8 Å². The number of hydrogen-bond acceptors (Lipinski definition) is 5. The highest BCUT2D eigenvalue weighted by atomic mass is 16.5. The summed E-state index contributed by atoms with van der Waals surface area (Å²) in [6.07, 6.45) is 1.75. The third-order valence-electron chi connectivity index (χ3n) is 3.59. The van der Waals surface area contributed by atoms with Crippen molar-refractivity contribution in [2.24, 2.45) is 5.92 Å². The fourth-order valence-corrected chi connectivity index (χ4v) is 2.59. The van der Waals surface area contributed by atoms with Gasteiger partial charge in [-0.1, -0.05) is 0 Å². The van der Waals surface area contributed by atoms with Crippen LogP contribution in [0, 0.1) is 5.92 Å². The molecule has 6 heteroatoms. The number of amides is 1. The SMILES string of the molecule is CCOC(=O)C1CNCCN1C(=O)C1CCCOC1. The highest BCUT2D eigenvalue weighted by Gasteiger charge is 2.36. The molecule has 2 unspecified atom stereocenters. The van der Waals surface area contributed by atoms with Crippen LogP contribution in [0.1, 0.15) is 19.8 Å². The van der Waals surface area contributed by atoms with E-state index in [1.165, 1.54) is 0 Å². The van der Waals surface area contributed by atoms with Gasteiger partial charge in [0.1, 0.15) is 6.04 Å². The Morgan fingerprint density at radius 2 is 2.32 bits per heavy atom. The van der Waals surface area contributed by atoms with E-state index in [1.807, 2.05) is 0 Å². The predicted octanol–water partition coefficient (Wildman–Crippen LogP) is -0.223. The van der Waals surface area contributed by atoms with Crippen LogP contribution in [0.4, 0.5) is 0 Å². The van der Waals surface area contributed by atoms with Crippen LogP contribution in [0.25, 0.3) is 0 Å². The number of esters is 1. The lowest BCUT2D eigenvalue weighted by molar-refractivity contribution is -0.158. The van der Waals surface area contributed by atoms with Crippen LogP contribution in [0.3, 0.4) is 0 Å². The molecule has 2 rings (SSSR count). The summed E-state index contributed by atoms with van der Waals surface area (Å²) in [6, 6.07) is -0.497. The molecule has 0 bridgehead atoms. The van der Waals surface area contributed by atoms with Gasteiger partial charge < -0.3 is 19.7 Å². The van der Waals surface area contributed by atoms with Crippen molar-refractivity contribution in [2.45, 2.75) is 25.8 Å². The summed E-state index contributed by atoms with van der Waals surface area (Å²) in [6.45, 7) is 5.05. The predicted molar refractivity (Wildman–Crippen MR) is 68.5 cm³/mol. The summed E-state index contributed by atoms with van der Waals surface area (Å²) >= 11 is 0. The van der Waals surface area contributed by atoms with E-state index < -0.39 is 6.04 Å². The van der Waals surface area contributed by atoms with Crippen LogP contribution in [0.5, 0.6) is 0 Å². The van der Waals surface area contributed by atoms with Crippen molar-refractivity contribution in [3.63, 3.8) is 0 Å². The smallest absolute Gasteiger partial charge is 0.330 e. The molecule has 1 N–H and O–H groups in total. The van der Waals surface area contributed by atoms with Crippen molar-refractivity contribution >= 4 is 11.9 Å². The summed E-state index contributed by atoms with van der Waals surface area (Å²) in [5.74, 6) is -0.400. The standard InChI is InChI=1S/C13H22N2O4/c1-2-19-13(17)11-8-14-5-6-15(11)12(16)10-4-3-7-18-9-10/h10-11,14H,2-9H2,1H3. The van der Waals surface area contributed by atoms with Gasteiger partial charge >= 0.3 is 5.97 Å². The molecule has 2 aliphatic heterocycles. The van der Waals surface area contributed by atoms with E-state index in [4.69, 9.17) is 9.47 Å². The zero-order valence-electron chi connectivity index (χ0n) is 11.4. The molecule has 1 amide bonds. The maximum absolute atomic E-state index is 12.5. The van der Waals surface area contributed by atoms with Crippen LogP contribution in [0.15, 0.2) is 0 Å². The number of rotatable bonds is 3. The molecule has 0 aromatic heterocycles. The first-order valence-corrected chi connectivity index (χ1v) is 6.99. The Labute approximate surface area is 113 Å². The van der Waals surface area contributed by atoms with E-state index in [0.29, 0.717) is 26.3 Å². The first kappa shape index (κ1) is 14.3. The lowest BCUT2D eigenvalue weighted by Crippen LogP contribution is -2.59. The Morgan fingerprint density at radius 3 is 3.00 bits per heavy atom. The molecule has 0 aliphatic carbocycles. The minimum Gasteiger partial charge on any atom is -0.464 e. The Morgan fingerprint density at radius 1 is 1.47 bits per heavy atom. The Hall–Kier alpha value is -1.14. The van der Waals surface area contributed by atoms with E-state index in [1.54, 1.807) is 11.8 Å². The topological polar surface area (TPSA) is 67.9 Å². The highest BCUT2D eigenvalue weighted by molar-refractivity contribution is 5.86. The van der Waals surface area contributed by atoms with Gasteiger partial charge in [0.15, 0.2) is 0 Å². The van der Waals surface area contributed by atoms with Gasteiger partial charge in [-0.2, -0.15) is 0 Å². The lowest BCUT2D eigenvalue weighted by Gasteiger charge is -2.37. The molecule has 0 saturated carbocycles. The first-order valence-electron chi connectivity index (χ1n) is 6.99. The summed E-state index contributed by atoms with van der Waals surface area (Å²) in [5.41, 5.74) is 0. The van der Waals surface area contributed by atoms with E-state index in [2.05, 4.69) is 5.32 Å². The molecule has 19 heavy (non-hydrogen) atoms. The molecule has 2 fully saturated rings. The molecule has 0 radical (unpaired) electrons. The number of carbonyl (C=O) groups excluding carboxylic acids is 2. The molecule has 108 valence electrons. The average Bonchev–Trinajstić information content (AvgIpc) is 2.47. The second kappa shape index (κ2) is 6.86. The maximum atomic E-state index is 12.5. The van der Waals surface area contributed by atoms with Crippen molar-refractivity contribution in [2.75, 3.05) is 39.5 Å². The Bertz CT molecular complexity index is 329. The van der Waals surface area contributed by atoms with Crippen molar-refractivity contribution in [1.29, 1.82) is 0 Å². The van der Waals surface area contributed by atoms with E-state index in [0.717, 1.165) is 26.0 Å². The van der Waals surface area contributed by atoms with Crippen molar-refractivity contribution < 1.29 is 19.1 Å². The second-order valence-corrected chi connectivity index (χ2v) is 4.92. The minimum absolute atomic E-state index is 0.0271. The molecule has 0 aromatic carbocycles. The van der Waals surface area contributed by atoms with E-state index >= 15 is 0 Å². The van der Waals surface area contributed by atoms with Crippen LogP contribution in [-0.2, 0) is 19.1 Å². The number of ether oxygens (including phenoxy) is 2. The first-order chi connectivity index (χ1) is 9.24. The van der Waals surface area contributed by atoms with Crippen molar-refractivity contribution in [3.8, 4) is 0 Å². The fraction of sp³-hybridized carbons (Fsp3) is 0.846. The summed E-state index contributed by atoms with van der Waals surface area (Å²) in [7, 11) is 0. The molecule has 0 aromatic rings. The zero-order valence-corrected chi connectivity index (χ0v) is 11.4. The molecular weight excluding hydrogens is 248 g/mol. The van der Waals surface area contributed by atoms with Gasteiger partial charge in [-0.25, -0.2) is 4.79 Å². The average molecular weight is 270 g/mol. The highest BCUT2D eigenvalue weighted by Crippen LogP contribution is 2.19. The molecule has 2 saturated heterocycles. The second-order valence-electron chi connectivity index (χ2n) is 4.92. The number of piperazine rings is 1. The van der Waals surface area contributed by atoms with Gasteiger partial charge in [-0.05, 0) is 19.8 Å². The number of nitrogens with zero attached hydrogens (tertiary/aromatic N) is 1. The summed E-state index contributed by atoms with van der Waals surface area (Å²) in [5, 5.41) is 3.14. The molecule has 2 aliphatic rings. The molecule has 2 atom stereocenters. The van der Waals surface area contributed by atoms with Crippen molar-refractivity contribution in [3.05, 3.63) is 0 Å². The number of carbonyl (C=O) groups is 2. The van der Waals surface area contributed by atoms with E-state index in [9.17, 15) is 9.59 Å². The molecule has 2 heterocycles. The van der Waals surface area contributed by atoms with Crippen LogP contribution < -0.4 is 5.32 Å². The van der Waals surface area contributed by atoms with Crippen molar-refractivity contribution in [1.82, 2.24) is 10.2 Å². The number of hydrogen-bond donors (Lipinski definition) is 1. The zero-order chi connectivity index (χ0) is 13.7. The van der Waals surface area contributed by atoms with Crippen LogP contribution >= 0.6 is 0 Å². The molecule has 0 spiro atoms. The van der Waals surface area contributed by atoms with Gasteiger partial charge in [0, 0.05) is 26.2 Å². The van der Waals surface area contributed by atoms with Gasteiger partial charge in [0.25, 0.3) is 0 Å². The van der Waals surface area contributed by atoms with Gasteiger partial charge in [-0.3, -0.25) is 4.79 Å². The normalized spacial score (nSPS) is 27.9. The molecular formula is C13H22N2O4. The Kier molecular flexibility index (Phi) is 5.15. The quantitative estimate of drug-likeness (QED) is 0.718. The van der Waals surface area contributed by atoms with Gasteiger partial charge in [0.05, 0.1) is 19.1 Å². The molecule has 6 nitrogen and oxygen atoms in total. The Balaban J connectivity index is 2.01. The summed E-state index contributed by atoms with van der Waals surface area (Å²) in [4.78, 5) is 26.1. The van der Waals surface area contributed by atoms with Gasteiger partial charge in [-0.15, -0.1) is 0 Å². The maximum Gasteiger partial charge on any atom is 0.330 e. The minimum atomic E-state index is -0.497. The van der Waals surface area contributed by atoms with Gasteiger partial charge in [0.2, 0.25) is 5.91 Å². The van der Waals surface area contributed by atoms with Crippen LogP contribution in [-0.4, -0.2) is 62.3 Å². The largest absolute Gasteiger partial charge is 0.464 e. The fourth-order valence-electron chi connectivity index (χ4n) is 2.59. The number of nitrogens with one attached hydrogen (secondary N) is 1. The third-order valence-corrected chi connectivity index (χ3v) is 3.59. The monoisotopic (exact) mass is 270 g/mol. The lowest BCUT2D eigenvalue weighted by atomic mass is 9.99. The van der Waals surface area contributed by atoms with Crippen LogP contribution in [0.2, 0.25) is 0 Å². The third kappa shape index (κ3) is 3.45.